The van der Waals surface area contributed by atoms with Crippen molar-refractivity contribution in [3.05, 3.63) is 35.9 Å². The largest absolute Gasteiger partial charge is 0.480 e. The molecular formula is C15H18N2O4. The van der Waals surface area contributed by atoms with Gasteiger partial charge in [0.05, 0.1) is 12.7 Å². The lowest BCUT2D eigenvalue weighted by atomic mass is 10.0. The van der Waals surface area contributed by atoms with Crippen LogP contribution in [-0.4, -0.2) is 29.6 Å². The van der Waals surface area contributed by atoms with Gasteiger partial charge in [-0.25, -0.2) is 4.79 Å². The summed E-state index contributed by atoms with van der Waals surface area (Å²) in [6.07, 6.45) is 0.0657. The van der Waals surface area contributed by atoms with Crippen LogP contribution in [0, 0.1) is 17.2 Å². The zero-order valence-electron chi connectivity index (χ0n) is 11.8. The summed E-state index contributed by atoms with van der Waals surface area (Å²) < 4.78 is 5.22. The van der Waals surface area contributed by atoms with Gasteiger partial charge in [0.1, 0.15) is 12.6 Å². The molecule has 0 aliphatic rings. The highest BCUT2D eigenvalue weighted by atomic mass is 16.5. The van der Waals surface area contributed by atoms with Crippen LogP contribution in [0.5, 0.6) is 0 Å². The van der Waals surface area contributed by atoms with Gasteiger partial charge in [-0.05, 0) is 18.9 Å². The number of ether oxygens (including phenoxy) is 1. The number of amides is 1. The molecule has 6 nitrogen and oxygen atoms in total. The number of carbonyl (C=O) groups excluding carboxylic acids is 1. The van der Waals surface area contributed by atoms with E-state index in [0.717, 1.165) is 5.56 Å². The zero-order chi connectivity index (χ0) is 15.7. The fourth-order valence-corrected chi connectivity index (χ4v) is 1.70. The van der Waals surface area contributed by atoms with Gasteiger partial charge in [0.15, 0.2) is 0 Å². The van der Waals surface area contributed by atoms with Gasteiger partial charge < -0.3 is 15.2 Å². The van der Waals surface area contributed by atoms with Crippen molar-refractivity contribution in [3.8, 4) is 6.07 Å². The highest BCUT2D eigenvalue weighted by Gasteiger charge is 2.22. The molecule has 1 aromatic rings. The van der Waals surface area contributed by atoms with Gasteiger partial charge >= 0.3 is 5.97 Å². The summed E-state index contributed by atoms with van der Waals surface area (Å²) in [6.45, 7) is 1.66. The maximum atomic E-state index is 11.6. The number of carboxylic acids is 1. The average Bonchev–Trinajstić information content (AvgIpc) is 2.47. The molecule has 2 N–H and O–H groups in total. The lowest BCUT2D eigenvalue weighted by Gasteiger charge is -2.15. The second kappa shape index (κ2) is 8.72. The number of hydrogen-bond donors (Lipinski definition) is 2. The van der Waals surface area contributed by atoms with Crippen molar-refractivity contribution < 1.29 is 19.4 Å². The Hall–Kier alpha value is -2.39. The lowest BCUT2D eigenvalue weighted by molar-refractivity contribution is -0.143. The SMILES string of the molecule is C[C@@H](C#N)C[C@@H](NC(=O)COCc1ccccc1)C(=O)O. The number of rotatable bonds is 8. The van der Waals surface area contributed by atoms with Crippen LogP contribution in [-0.2, 0) is 20.9 Å². The van der Waals surface area contributed by atoms with Crippen LogP contribution in [0.15, 0.2) is 30.3 Å². The molecule has 0 aliphatic heterocycles. The van der Waals surface area contributed by atoms with E-state index in [1.54, 1.807) is 6.92 Å². The zero-order valence-corrected chi connectivity index (χ0v) is 11.8. The van der Waals surface area contributed by atoms with Gasteiger partial charge in [-0.2, -0.15) is 5.26 Å². The van der Waals surface area contributed by atoms with Crippen LogP contribution in [0.1, 0.15) is 18.9 Å². The summed E-state index contributed by atoms with van der Waals surface area (Å²) in [5.74, 6) is -2.12. The van der Waals surface area contributed by atoms with Crippen LogP contribution in [0.3, 0.4) is 0 Å². The van der Waals surface area contributed by atoms with Crippen molar-refractivity contribution in [1.29, 1.82) is 5.26 Å². The van der Waals surface area contributed by atoms with E-state index in [9.17, 15) is 9.59 Å². The molecule has 0 bridgehead atoms. The van der Waals surface area contributed by atoms with E-state index in [1.807, 2.05) is 36.4 Å². The maximum absolute atomic E-state index is 11.6. The van der Waals surface area contributed by atoms with E-state index < -0.39 is 23.8 Å². The standard InChI is InChI=1S/C15H18N2O4/c1-11(8-16)7-13(15(19)20)17-14(18)10-21-9-12-5-3-2-4-6-12/h2-6,11,13H,7,9-10H2,1H3,(H,17,18)(H,19,20)/t11-,13-/m1/s1. The van der Waals surface area contributed by atoms with Crippen molar-refractivity contribution in [3.63, 3.8) is 0 Å². The van der Waals surface area contributed by atoms with Crippen molar-refractivity contribution in [1.82, 2.24) is 5.32 Å². The minimum atomic E-state index is -1.16. The second-order valence-electron chi connectivity index (χ2n) is 4.70. The summed E-state index contributed by atoms with van der Waals surface area (Å²) in [5, 5.41) is 20.0. The van der Waals surface area contributed by atoms with Crippen molar-refractivity contribution in [2.75, 3.05) is 6.61 Å². The molecule has 1 amide bonds. The van der Waals surface area contributed by atoms with E-state index in [-0.39, 0.29) is 19.6 Å². The van der Waals surface area contributed by atoms with Crippen molar-refractivity contribution in [2.45, 2.75) is 26.0 Å². The first-order chi connectivity index (χ1) is 10.0. The Bertz CT molecular complexity index is 510. The van der Waals surface area contributed by atoms with E-state index in [4.69, 9.17) is 15.1 Å². The number of aliphatic carboxylic acids is 1. The van der Waals surface area contributed by atoms with Crippen molar-refractivity contribution >= 4 is 11.9 Å². The summed E-state index contributed by atoms with van der Waals surface area (Å²) >= 11 is 0. The normalized spacial score (nSPS) is 13.0. The minimum Gasteiger partial charge on any atom is -0.480 e. The average molecular weight is 290 g/mol. The van der Waals surface area contributed by atoms with E-state index in [1.165, 1.54) is 0 Å². The predicted octanol–water partition coefficient (Wildman–Crippen LogP) is 1.32. The Balaban J connectivity index is 2.37. The van der Waals surface area contributed by atoms with E-state index in [0.29, 0.717) is 0 Å². The fraction of sp³-hybridized carbons (Fsp3) is 0.400. The Morgan fingerprint density at radius 1 is 1.38 bits per heavy atom. The molecule has 112 valence electrons. The molecule has 0 saturated heterocycles. The first kappa shape index (κ1) is 16.7. The highest BCUT2D eigenvalue weighted by molar-refractivity contribution is 5.84. The molecular weight excluding hydrogens is 272 g/mol. The van der Waals surface area contributed by atoms with Crippen LogP contribution in [0.25, 0.3) is 0 Å². The quantitative estimate of drug-likeness (QED) is 0.752. The third kappa shape index (κ3) is 6.54. The smallest absolute Gasteiger partial charge is 0.326 e. The van der Waals surface area contributed by atoms with Gasteiger partial charge in [0, 0.05) is 5.92 Å². The van der Waals surface area contributed by atoms with E-state index >= 15 is 0 Å². The van der Waals surface area contributed by atoms with E-state index in [2.05, 4.69) is 5.32 Å². The molecule has 0 radical (unpaired) electrons. The first-order valence-electron chi connectivity index (χ1n) is 6.56. The van der Waals surface area contributed by atoms with Crippen LogP contribution in [0.4, 0.5) is 0 Å². The molecule has 6 heteroatoms. The molecule has 0 unspecified atom stereocenters. The predicted molar refractivity (Wildman–Crippen MR) is 75.1 cm³/mol. The van der Waals surface area contributed by atoms with Gasteiger partial charge in [-0.1, -0.05) is 30.3 Å². The van der Waals surface area contributed by atoms with Crippen LogP contribution >= 0.6 is 0 Å². The molecule has 0 fully saturated rings. The summed E-state index contributed by atoms with van der Waals surface area (Å²) in [4.78, 5) is 22.7. The number of benzene rings is 1. The van der Waals surface area contributed by atoms with Gasteiger partial charge in [-0.3, -0.25) is 4.79 Å². The van der Waals surface area contributed by atoms with Gasteiger partial charge in [0.2, 0.25) is 5.91 Å². The molecule has 2 atom stereocenters. The molecule has 0 aromatic heterocycles. The molecule has 1 aromatic carbocycles. The number of nitrogens with one attached hydrogen (secondary N) is 1. The Kier molecular flexibility index (Phi) is 6.92. The first-order valence-corrected chi connectivity index (χ1v) is 6.56. The minimum absolute atomic E-state index is 0.0657. The Morgan fingerprint density at radius 2 is 2.05 bits per heavy atom. The molecule has 21 heavy (non-hydrogen) atoms. The molecule has 1 rings (SSSR count). The topological polar surface area (TPSA) is 99.4 Å². The molecule has 0 aliphatic carbocycles. The van der Waals surface area contributed by atoms with Crippen molar-refractivity contribution in [2.24, 2.45) is 5.92 Å². The van der Waals surface area contributed by atoms with Crippen LogP contribution in [0.2, 0.25) is 0 Å². The second-order valence-corrected chi connectivity index (χ2v) is 4.70. The highest BCUT2D eigenvalue weighted by Crippen LogP contribution is 2.05. The number of nitrogens with zero attached hydrogens (tertiary/aromatic N) is 1. The Labute approximate surface area is 123 Å². The van der Waals surface area contributed by atoms with Gasteiger partial charge in [0.25, 0.3) is 0 Å². The third-order valence-electron chi connectivity index (χ3n) is 2.79. The fourth-order valence-electron chi connectivity index (χ4n) is 1.70. The maximum Gasteiger partial charge on any atom is 0.326 e. The molecule has 0 spiro atoms. The summed E-state index contributed by atoms with van der Waals surface area (Å²) in [6, 6.07) is 10.2. The van der Waals surface area contributed by atoms with Crippen LogP contribution < -0.4 is 5.32 Å². The molecule has 0 heterocycles. The molecule has 0 saturated carbocycles. The number of hydrogen-bond acceptors (Lipinski definition) is 4. The third-order valence-corrected chi connectivity index (χ3v) is 2.79. The number of carbonyl (C=O) groups is 2. The lowest BCUT2D eigenvalue weighted by Crippen LogP contribution is -2.43. The summed E-state index contributed by atoms with van der Waals surface area (Å²) in [7, 11) is 0. The Morgan fingerprint density at radius 3 is 2.62 bits per heavy atom. The number of carboxylic acid groups (broad SMARTS) is 1. The monoisotopic (exact) mass is 290 g/mol. The van der Waals surface area contributed by atoms with Gasteiger partial charge in [-0.15, -0.1) is 0 Å². The summed E-state index contributed by atoms with van der Waals surface area (Å²) in [5.41, 5.74) is 0.929. The number of nitriles is 1.